The molecule has 6 heteroatoms. The van der Waals surface area contributed by atoms with Gasteiger partial charge in [-0.25, -0.2) is 8.42 Å². The molecule has 0 aromatic heterocycles. The number of rotatable bonds is 7. The highest BCUT2D eigenvalue weighted by molar-refractivity contribution is 7.90. The minimum absolute atomic E-state index is 0.0594. The third kappa shape index (κ3) is 6.32. The topological polar surface area (TPSA) is 84.2 Å². The van der Waals surface area contributed by atoms with Crippen molar-refractivity contribution < 1.29 is 17.9 Å². The molecule has 1 aliphatic rings. The van der Waals surface area contributed by atoms with Crippen LogP contribution in [0.1, 0.15) is 43.2 Å². The molecule has 1 fully saturated rings. The molecular weight excluding hydrogens is 326 g/mol. The summed E-state index contributed by atoms with van der Waals surface area (Å²) in [5.41, 5.74) is 1.84. The summed E-state index contributed by atoms with van der Waals surface area (Å²) in [6.45, 7) is 0. The number of cyclic esters (lactones) is 1. The second kappa shape index (κ2) is 8.29. The van der Waals surface area contributed by atoms with E-state index < -0.39 is 9.84 Å². The summed E-state index contributed by atoms with van der Waals surface area (Å²) in [6, 6.07) is 9.64. The van der Waals surface area contributed by atoms with Crippen LogP contribution in [0.15, 0.2) is 24.3 Å². The fourth-order valence-electron chi connectivity index (χ4n) is 3.15. The van der Waals surface area contributed by atoms with E-state index in [1.165, 1.54) is 11.8 Å². The van der Waals surface area contributed by atoms with E-state index in [0.29, 0.717) is 12.0 Å². The molecule has 0 saturated carbocycles. The Hall–Kier alpha value is -1.87. The lowest BCUT2D eigenvalue weighted by Crippen LogP contribution is -2.32. The minimum atomic E-state index is -3.07. The Morgan fingerprint density at radius 1 is 1.25 bits per heavy atom. The largest absolute Gasteiger partial charge is 0.462 e. The van der Waals surface area contributed by atoms with Gasteiger partial charge in [-0.15, -0.1) is 0 Å². The molecule has 1 aromatic rings. The number of hydrogen-bond donors (Lipinski definition) is 0. The van der Waals surface area contributed by atoms with E-state index in [1.54, 1.807) is 0 Å². The molecule has 0 aliphatic carbocycles. The lowest BCUT2D eigenvalue weighted by molar-refractivity contribution is -0.156. The highest BCUT2D eigenvalue weighted by Crippen LogP contribution is 2.26. The zero-order chi connectivity index (χ0) is 17.6. The van der Waals surface area contributed by atoms with Crippen LogP contribution < -0.4 is 0 Å². The molecule has 2 unspecified atom stereocenters. The summed E-state index contributed by atoms with van der Waals surface area (Å²) in [5, 5.41) is 8.77. The van der Waals surface area contributed by atoms with Gasteiger partial charge in [0.15, 0.2) is 0 Å². The first-order chi connectivity index (χ1) is 11.4. The molecule has 24 heavy (non-hydrogen) atoms. The number of nitrogens with zero attached hydrogens (tertiary/aromatic N) is 1. The van der Waals surface area contributed by atoms with Crippen molar-refractivity contribution in [1.29, 1.82) is 5.26 Å². The summed E-state index contributed by atoms with van der Waals surface area (Å²) in [6.07, 6.45) is 5.45. The van der Waals surface area contributed by atoms with Crippen LogP contribution in [0.25, 0.3) is 0 Å². The third-order valence-corrected chi connectivity index (χ3v) is 5.29. The maximum Gasteiger partial charge on any atom is 0.306 e. The lowest BCUT2D eigenvalue weighted by atomic mass is 9.93. The van der Waals surface area contributed by atoms with Crippen LogP contribution in [0.5, 0.6) is 0 Å². The summed E-state index contributed by atoms with van der Waals surface area (Å²) in [7, 11) is -3.07. The quantitative estimate of drug-likeness (QED) is 0.558. The van der Waals surface area contributed by atoms with Crippen molar-refractivity contribution in [2.24, 2.45) is 5.92 Å². The number of benzene rings is 1. The second-order valence-corrected chi connectivity index (χ2v) is 8.75. The van der Waals surface area contributed by atoms with E-state index in [2.05, 4.69) is 6.07 Å². The van der Waals surface area contributed by atoms with Gasteiger partial charge in [-0.1, -0.05) is 12.1 Å². The second-order valence-electron chi connectivity index (χ2n) is 6.56. The third-order valence-electron chi connectivity index (χ3n) is 4.21. The van der Waals surface area contributed by atoms with Gasteiger partial charge in [0.2, 0.25) is 0 Å². The smallest absolute Gasteiger partial charge is 0.306 e. The van der Waals surface area contributed by atoms with Gasteiger partial charge in [0.1, 0.15) is 15.9 Å². The van der Waals surface area contributed by atoms with Crippen LogP contribution in [-0.4, -0.2) is 32.5 Å². The minimum Gasteiger partial charge on any atom is -0.462 e. The highest BCUT2D eigenvalue weighted by Gasteiger charge is 2.30. The van der Waals surface area contributed by atoms with E-state index in [9.17, 15) is 13.2 Å². The van der Waals surface area contributed by atoms with Gasteiger partial charge in [0.25, 0.3) is 0 Å². The molecule has 1 aromatic carbocycles. The Kier molecular flexibility index (Phi) is 6.38. The zero-order valence-electron chi connectivity index (χ0n) is 13.9. The first kappa shape index (κ1) is 18.5. The van der Waals surface area contributed by atoms with Gasteiger partial charge >= 0.3 is 5.97 Å². The molecule has 0 spiro atoms. The monoisotopic (exact) mass is 349 g/mol. The number of hydrogen-bond acceptors (Lipinski definition) is 5. The van der Waals surface area contributed by atoms with Crippen molar-refractivity contribution in [2.45, 2.75) is 44.6 Å². The van der Waals surface area contributed by atoms with E-state index in [4.69, 9.17) is 10.00 Å². The standard InChI is InChI=1S/C18H23NO4S/c1-24(21,22)13-16-10-17(23-18(20)11-16)5-3-2-4-14-6-8-15(12-19)9-7-14/h6-9,16-17H,2-5,10-11,13H2,1H3. The van der Waals surface area contributed by atoms with Gasteiger partial charge in [-0.2, -0.15) is 5.26 Å². The molecule has 0 bridgehead atoms. The molecule has 5 nitrogen and oxygen atoms in total. The molecule has 130 valence electrons. The Morgan fingerprint density at radius 3 is 2.58 bits per heavy atom. The number of ether oxygens (including phenoxy) is 1. The number of sulfone groups is 1. The summed E-state index contributed by atoms with van der Waals surface area (Å²) >= 11 is 0. The number of esters is 1. The Bertz CT molecular complexity index is 704. The lowest BCUT2D eigenvalue weighted by Gasteiger charge is -2.28. The number of carbonyl (C=O) groups is 1. The predicted molar refractivity (Wildman–Crippen MR) is 91.0 cm³/mol. The van der Waals surface area contributed by atoms with E-state index in [-0.39, 0.29) is 30.2 Å². The number of aryl methyl sites for hydroxylation is 1. The summed E-state index contributed by atoms with van der Waals surface area (Å²) in [4.78, 5) is 11.6. The van der Waals surface area contributed by atoms with Gasteiger partial charge in [0, 0.05) is 12.7 Å². The average molecular weight is 349 g/mol. The van der Waals surface area contributed by atoms with Crippen molar-refractivity contribution >= 4 is 15.8 Å². The summed E-state index contributed by atoms with van der Waals surface area (Å²) < 4.78 is 28.2. The van der Waals surface area contributed by atoms with Crippen molar-refractivity contribution in [2.75, 3.05) is 12.0 Å². The molecular formula is C18H23NO4S. The van der Waals surface area contributed by atoms with Crippen molar-refractivity contribution in [3.8, 4) is 6.07 Å². The van der Waals surface area contributed by atoms with Crippen LogP contribution in [0.2, 0.25) is 0 Å². The highest BCUT2D eigenvalue weighted by atomic mass is 32.2. The van der Waals surface area contributed by atoms with Crippen LogP contribution in [0.3, 0.4) is 0 Å². The molecule has 2 rings (SSSR count). The fourth-order valence-corrected chi connectivity index (χ4v) is 4.26. The molecule has 1 aliphatic heterocycles. The van der Waals surface area contributed by atoms with Crippen molar-refractivity contribution in [1.82, 2.24) is 0 Å². The van der Waals surface area contributed by atoms with Crippen LogP contribution in [0, 0.1) is 17.2 Å². The maximum atomic E-state index is 11.6. The molecule has 0 N–H and O–H groups in total. The van der Waals surface area contributed by atoms with E-state index >= 15 is 0 Å². The number of unbranched alkanes of at least 4 members (excludes halogenated alkanes) is 1. The van der Waals surface area contributed by atoms with Crippen molar-refractivity contribution in [3.05, 3.63) is 35.4 Å². The average Bonchev–Trinajstić information content (AvgIpc) is 2.50. The number of carbonyl (C=O) groups excluding carboxylic acids is 1. The summed E-state index contributed by atoms with van der Waals surface area (Å²) in [5.74, 6) is -0.346. The van der Waals surface area contributed by atoms with E-state index in [0.717, 1.165) is 25.7 Å². The fraction of sp³-hybridized carbons (Fsp3) is 0.556. The number of nitriles is 1. The Labute approximate surface area is 143 Å². The van der Waals surface area contributed by atoms with E-state index in [1.807, 2.05) is 24.3 Å². The van der Waals surface area contributed by atoms with Crippen LogP contribution in [0.4, 0.5) is 0 Å². The van der Waals surface area contributed by atoms with Crippen LogP contribution in [-0.2, 0) is 25.8 Å². The zero-order valence-corrected chi connectivity index (χ0v) is 14.7. The molecule has 1 heterocycles. The van der Waals surface area contributed by atoms with Gasteiger partial charge in [-0.05, 0) is 55.7 Å². The molecule has 0 radical (unpaired) electrons. The SMILES string of the molecule is CS(=O)(=O)CC1CC(=O)OC(CCCCc2ccc(C#N)cc2)C1. The van der Waals surface area contributed by atoms with Gasteiger partial charge < -0.3 is 4.74 Å². The first-order valence-electron chi connectivity index (χ1n) is 8.22. The first-order valence-corrected chi connectivity index (χ1v) is 10.3. The molecule has 0 amide bonds. The molecule has 1 saturated heterocycles. The van der Waals surface area contributed by atoms with Gasteiger partial charge in [-0.3, -0.25) is 4.79 Å². The normalized spacial score (nSPS) is 21.1. The van der Waals surface area contributed by atoms with Crippen LogP contribution >= 0.6 is 0 Å². The Balaban J connectivity index is 1.74. The maximum absolute atomic E-state index is 11.6. The predicted octanol–water partition coefficient (Wildman–Crippen LogP) is 2.64. The van der Waals surface area contributed by atoms with Crippen molar-refractivity contribution in [3.63, 3.8) is 0 Å². The Morgan fingerprint density at radius 2 is 1.96 bits per heavy atom. The molecule has 2 atom stereocenters. The van der Waals surface area contributed by atoms with Gasteiger partial charge in [0.05, 0.1) is 17.4 Å².